The molecule has 0 aromatic carbocycles. The number of nitrogens with zero attached hydrogens (tertiary/aromatic N) is 2. The van der Waals surface area contributed by atoms with E-state index in [9.17, 15) is 4.79 Å². The first kappa shape index (κ1) is 10.2. The van der Waals surface area contributed by atoms with E-state index < -0.39 is 0 Å². The SMILES string of the molecule is CC(=O)OCc1cc(Cl)nc(Cl)n1. The lowest BCUT2D eigenvalue weighted by Crippen LogP contribution is -2.01. The summed E-state index contributed by atoms with van der Waals surface area (Å²) in [6.45, 7) is 1.36. The Kier molecular flexibility index (Phi) is 3.45. The van der Waals surface area contributed by atoms with E-state index in [1.807, 2.05) is 0 Å². The monoisotopic (exact) mass is 220 g/mol. The van der Waals surface area contributed by atoms with Crippen LogP contribution >= 0.6 is 23.2 Å². The second-order valence-electron chi connectivity index (χ2n) is 2.23. The highest BCUT2D eigenvalue weighted by atomic mass is 35.5. The maximum Gasteiger partial charge on any atom is 0.303 e. The van der Waals surface area contributed by atoms with Crippen LogP contribution in [0.25, 0.3) is 0 Å². The van der Waals surface area contributed by atoms with Gasteiger partial charge in [-0.05, 0) is 11.6 Å². The van der Waals surface area contributed by atoms with Gasteiger partial charge in [0.05, 0.1) is 5.69 Å². The van der Waals surface area contributed by atoms with Crippen molar-refractivity contribution < 1.29 is 9.53 Å². The molecule has 0 amide bonds. The first-order chi connectivity index (χ1) is 6.08. The van der Waals surface area contributed by atoms with E-state index in [1.165, 1.54) is 13.0 Å². The number of ether oxygens (including phenoxy) is 1. The van der Waals surface area contributed by atoms with Gasteiger partial charge in [0.15, 0.2) is 0 Å². The van der Waals surface area contributed by atoms with E-state index in [2.05, 4.69) is 9.97 Å². The molecule has 0 aliphatic rings. The lowest BCUT2D eigenvalue weighted by atomic mass is 10.4. The van der Waals surface area contributed by atoms with Gasteiger partial charge in [0.25, 0.3) is 0 Å². The summed E-state index contributed by atoms with van der Waals surface area (Å²) in [4.78, 5) is 17.9. The molecule has 0 spiro atoms. The van der Waals surface area contributed by atoms with Crippen LogP contribution in [0, 0.1) is 0 Å². The fourth-order valence-electron chi connectivity index (χ4n) is 0.683. The normalized spacial score (nSPS) is 9.77. The van der Waals surface area contributed by atoms with Gasteiger partial charge in [-0.2, -0.15) is 0 Å². The van der Waals surface area contributed by atoms with E-state index in [4.69, 9.17) is 27.9 Å². The zero-order chi connectivity index (χ0) is 9.84. The molecular weight excluding hydrogens is 215 g/mol. The van der Waals surface area contributed by atoms with Gasteiger partial charge in [-0.15, -0.1) is 0 Å². The Morgan fingerprint density at radius 3 is 2.77 bits per heavy atom. The third kappa shape index (κ3) is 3.57. The molecule has 0 atom stereocenters. The molecule has 6 heteroatoms. The molecule has 0 N–H and O–H groups in total. The lowest BCUT2D eigenvalue weighted by Gasteiger charge is -2.01. The van der Waals surface area contributed by atoms with Crippen molar-refractivity contribution in [3.63, 3.8) is 0 Å². The highest BCUT2D eigenvalue weighted by Crippen LogP contribution is 2.11. The van der Waals surface area contributed by atoms with Gasteiger partial charge < -0.3 is 4.74 Å². The van der Waals surface area contributed by atoms with Crippen molar-refractivity contribution >= 4 is 29.2 Å². The van der Waals surface area contributed by atoms with Gasteiger partial charge in [0.2, 0.25) is 5.28 Å². The van der Waals surface area contributed by atoms with Crippen LogP contribution < -0.4 is 0 Å². The van der Waals surface area contributed by atoms with Gasteiger partial charge in [-0.1, -0.05) is 11.6 Å². The average molecular weight is 221 g/mol. The quantitative estimate of drug-likeness (QED) is 0.434. The minimum absolute atomic E-state index is 0.0367. The summed E-state index contributed by atoms with van der Waals surface area (Å²) in [6, 6.07) is 1.48. The molecule has 0 radical (unpaired) electrons. The number of rotatable bonds is 2. The molecule has 70 valence electrons. The van der Waals surface area contributed by atoms with Gasteiger partial charge >= 0.3 is 5.97 Å². The summed E-state index contributed by atoms with van der Waals surface area (Å²) in [6.07, 6.45) is 0. The van der Waals surface area contributed by atoms with Crippen LogP contribution in [0.3, 0.4) is 0 Å². The fraction of sp³-hybridized carbons (Fsp3) is 0.286. The Hall–Kier alpha value is -0.870. The van der Waals surface area contributed by atoms with Gasteiger partial charge in [-0.3, -0.25) is 4.79 Å². The Morgan fingerprint density at radius 1 is 1.54 bits per heavy atom. The molecule has 13 heavy (non-hydrogen) atoms. The number of esters is 1. The minimum Gasteiger partial charge on any atom is -0.459 e. The molecule has 1 rings (SSSR count). The van der Waals surface area contributed by atoms with Gasteiger partial charge in [0, 0.05) is 13.0 Å². The van der Waals surface area contributed by atoms with Crippen LogP contribution in [-0.2, 0) is 16.1 Å². The van der Waals surface area contributed by atoms with Crippen LogP contribution in [0.4, 0.5) is 0 Å². The number of hydrogen-bond donors (Lipinski definition) is 0. The molecule has 1 aromatic heterocycles. The van der Waals surface area contributed by atoms with E-state index >= 15 is 0 Å². The van der Waals surface area contributed by atoms with Crippen molar-refractivity contribution in [2.45, 2.75) is 13.5 Å². The standard InChI is InChI=1S/C7H6Cl2N2O2/c1-4(12)13-3-5-2-6(8)11-7(9)10-5/h2H,3H2,1H3. The molecule has 1 aromatic rings. The first-order valence-corrected chi connectivity index (χ1v) is 4.16. The van der Waals surface area contributed by atoms with Crippen LogP contribution in [0.15, 0.2) is 6.07 Å². The predicted octanol–water partition coefficient (Wildman–Crippen LogP) is 1.85. The lowest BCUT2D eigenvalue weighted by molar-refractivity contribution is -0.142. The minimum atomic E-state index is -0.383. The summed E-state index contributed by atoms with van der Waals surface area (Å²) in [5.41, 5.74) is 0.472. The molecule has 0 saturated heterocycles. The number of aromatic nitrogens is 2. The van der Waals surface area contributed by atoms with Crippen molar-refractivity contribution in [1.82, 2.24) is 9.97 Å². The topological polar surface area (TPSA) is 52.1 Å². The van der Waals surface area contributed by atoms with Crippen LogP contribution in [0.1, 0.15) is 12.6 Å². The molecule has 4 nitrogen and oxygen atoms in total. The largest absolute Gasteiger partial charge is 0.459 e. The highest BCUT2D eigenvalue weighted by molar-refractivity contribution is 6.31. The van der Waals surface area contributed by atoms with Crippen LogP contribution in [-0.4, -0.2) is 15.9 Å². The van der Waals surface area contributed by atoms with Crippen molar-refractivity contribution in [3.8, 4) is 0 Å². The Labute approximate surface area is 84.8 Å². The van der Waals surface area contributed by atoms with E-state index in [1.54, 1.807) is 0 Å². The van der Waals surface area contributed by atoms with E-state index in [-0.39, 0.29) is 23.0 Å². The predicted molar refractivity (Wildman–Crippen MR) is 47.5 cm³/mol. The van der Waals surface area contributed by atoms with Crippen molar-refractivity contribution in [3.05, 3.63) is 22.2 Å². The van der Waals surface area contributed by atoms with Crippen LogP contribution in [0.5, 0.6) is 0 Å². The maximum absolute atomic E-state index is 10.5. The van der Waals surface area contributed by atoms with Gasteiger partial charge in [-0.25, -0.2) is 9.97 Å². The van der Waals surface area contributed by atoms with Crippen molar-refractivity contribution in [2.75, 3.05) is 0 Å². The Morgan fingerprint density at radius 2 is 2.23 bits per heavy atom. The molecule has 0 unspecified atom stereocenters. The van der Waals surface area contributed by atoms with Crippen molar-refractivity contribution in [2.24, 2.45) is 0 Å². The molecule has 0 fully saturated rings. The molecule has 0 aliphatic heterocycles. The number of halogens is 2. The molecule has 0 saturated carbocycles. The summed E-state index contributed by atoms with van der Waals surface area (Å²) < 4.78 is 4.69. The summed E-state index contributed by atoms with van der Waals surface area (Å²) >= 11 is 11.1. The fourth-order valence-corrected chi connectivity index (χ4v) is 1.13. The summed E-state index contributed by atoms with van der Waals surface area (Å²) in [5.74, 6) is -0.383. The first-order valence-electron chi connectivity index (χ1n) is 3.40. The van der Waals surface area contributed by atoms with Gasteiger partial charge in [0.1, 0.15) is 11.8 Å². The smallest absolute Gasteiger partial charge is 0.303 e. The summed E-state index contributed by atoms with van der Waals surface area (Å²) in [7, 11) is 0. The van der Waals surface area contributed by atoms with E-state index in [0.717, 1.165) is 0 Å². The zero-order valence-corrected chi connectivity index (χ0v) is 8.26. The molecule has 1 heterocycles. The molecular formula is C7H6Cl2N2O2. The van der Waals surface area contributed by atoms with Crippen LogP contribution in [0.2, 0.25) is 10.4 Å². The maximum atomic E-state index is 10.5. The highest BCUT2D eigenvalue weighted by Gasteiger charge is 2.02. The zero-order valence-electron chi connectivity index (χ0n) is 6.75. The molecule has 0 bridgehead atoms. The number of carbonyl (C=O) groups excluding carboxylic acids is 1. The number of hydrogen-bond acceptors (Lipinski definition) is 4. The average Bonchev–Trinajstić information content (AvgIpc) is 1.99. The number of carbonyl (C=O) groups is 1. The third-order valence-corrected chi connectivity index (χ3v) is 1.51. The second-order valence-corrected chi connectivity index (χ2v) is 2.96. The third-order valence-electron chi connectivity index (χ3n) is 1.14. The Bertz CT molecular complexity index is 310. The molecule has 0 aliphatic carbocycles. The van der Waals surface area contributed by atoms with E-state index in [0.29, 0.717) is 5.69 Å². The Balaban J connectivity index is 2.71. The summed E-state index contributed by atoms with van der Waals surface area (Å²) in [5, 5.41) is 0.261. The van der Waals surface area contributed by atoms with Crippen molar-refractivity contribution in [1.29, 1.82) is 0 Å². The second kappa shape index (κ2) is 4.39.